The Bertz CT molecular complexity index is 736. The molecule has 120 valence electrons. The Labute approximate surface area is 144 Å². The average molecular weight is 375 g/mol. The van der Waals surface area contributed by atoms with Gasteiger partial charge in [-0.3, -0.25) is 9.59 Å². The predicted octanol–water partition coefficient (Wildman–Crippen LogP) is 4.34. The fourth-order valence-corrected chi connectivity index (χ4v) is 2.85. The molecule has 23 heavy (non-hydrogen) atoms. The van der Waals surface area contributed by atoms with Crippen LogP contribution < -0.4 is 10.6 Å². The molecule has 2 rings (SSSR count). The minimum atomic E-state index is -0.349. The van der Waals surface area contributed by atoms with Crippen LogP contribution in [0.15, 0.2) is 40.9 Å². The molecule has 0 aliphatic carbocycles. The Kier molecular flexibility index (Phi) is 5.55. The number of carbonyl (C=O) groups excluding carboxylic acids is 2. The van der Waals surface area contributed by atoms with Gasteiger partial charge in [-0.25, -0.2) is 0 Å². The maximum absolute atomic E-state index is 12.1. The Balaban J connectivity index is 1.99. The van der Waals surface area contributed by atoms with Crippen molar-refractivity contribution in [1.82, 2.24) is 0 Å². The number of halogens is 1. The zero-order chi connectivity index (χ0) is 17.0. The summed E-state index contributed by atoms with van der Waals surface area (Å²) in [6.45, 7) is 5.81. The van der Waals surface area contributed by atoms with Crippen LogP contribution in [0, 0.1) is 20.8 Å². The normalized spacial score (nSPS) is 10.3. The summed E-state index contributed by atoms with van der Waals surface area (Å²) in [6.07, 6.45) is -0.228. The number of rotatable bonds is 4. The average Bonchev–Trinajstić information content (AvgIpc) is 2.46. The molecule has 0 saturated carbocycles. The van der Waals surface area contributed by atoms with E-state index in [1.807, 2.05) is 51.1 Å². The second kappa shape index (κ2) is 7.42. The second-order valence-electron chi connectivity index (χ2n) is 5.52. The van der Waals surface area contributed by atoms with Gasteiger partial charge in [-0.05, 0) is 65.5 Å². The zero-order valence-corrected chi connectivity index (χ0v) is 15.0. The highest BCUT2D eigenvalue weighted by molar-refractivity contribution is 9.10. The van der Waals surface area contributed by atoms with Crippen molar-refractivity contribution in [3.8, 4) is 0 Å². The number of benzene rings is 2. The maximum atomic E-state index is 12.1. The monoisotopic (exact) mass is 374 g/mol. The number of hydrogen-bond acceptors (Lipinski definition) is 2. The summed E-state index contributed by atoms with van der Waals surface area (Å²) in [6, 6.07) is 11.4. The largest absolute Gasteiger partial charge is 0.325 e. The Hall–Kier alpha value is -2.14. The first-order valence-electron chi connectivity index (χ1n) is 7.29. The molecule has 4 nitrogen and oxygen atoms in total. The van der Waals surface area contributed by atoms with E-state index in [9.17, 15) is 9.59 Å². The van der Waals surface area contributed by atoms with Gasteiger partial charge in [-0.2, -0.15) is 0 Å². The van der Waals surface area contributed by atoms with Gasteiger partial charge in [-0.1, -0.05) is 24.3 Å². The molecule has 2 aromatic rings. The van der Waals surface area contributed by atoms with Gasteiger partial charge < -0.3 is 10.6 Å². The first-order chi connectivity index (χ1) is 10.9. The van der Waals surface area contributed by atoms with E-state index in [1.54, 1.807) is 6.07 Å². The Morgan fingerprint density at radius 1 is 0.957 bits per heavy atom. The van der Waals surface area contributed by atoms with Gasteiger partial charge in [0.2, 0.25) is 11.8 Å². The molecule has 0 aliphatic rings. The Morgan fingerprint density at radius 3 is 2.17 bits per heavy atom. The number of amides is 2. The molecule has 0 heterocycles. The van der Waals surface area contributed by atoms with Gasteiger partial charge in [0.05, 0.1) is 5.69 Å². The summed E-state index contributed by atoms with van der Waals surface area (Å²) in [5.41, 5.74) is 4.45. The highest BCUT2D eigenvalue weighted by Crippen LogP contribution is 2.24. The van der Waals surface area contributed by atoms with E-state index in [-0.39, 0.29) is 18.2 Å². The van der Waals surface area contributed by atoms with E-state index in [4.69, 9.17) is 0 Å². The SMILES string of the molecule is Cc1ccc(NC(=O)CC(=O)Nc2c(C)cccc2C)c(Br)c1. The van der Waals surface area contributed by atoms with Crippen LogP contribution in [0.2, 0.25) is 0 Å². The summed E-state index contributed by atoms with van der Waals surface area (Å²) in [7, 11) is 0. The van der Waals surface area contributed by atoms with E-state index < -0.39 is 0 Å². The number of hydrogen-bond donors (Lipinski definition) is 2. The number of para-hydroxylation sites is 1. The molecule has 2 aromatic carbocycles. The van der Waals surface area contributed by atoms with E-state index in [0.29, 0.717) is 5.69 Å². The van der Waals surface area contributed by atoms with Crippen LogP contribution >= 0.6 is 15.9 Å². The fraction of sp³-hybridized carbons (Fsp3) is 0.222. The van der Waals surface area contributed by atoms with Gasteiger partial charge in [0.1, 0.15) is 6.42 Å². The van der Waals surface area contributed by atoms with Gasteiger partial charge in [-0.15, -0.1) is 0 Å². The maximum Gasteiger partial charge on any atom is 0.233 e. The molecule has 0 atom stereocenters. The standard InChI is InChI=1S/C18H19BrN2O2/c1-11-7-8-15(14(19)9-11)20-16(22)10-17(23)21-18-12(2)5-4-6-13(18)3/h4-9H,10H2,1-3H3,(H,20,22)(H,21,23). The van der Waals surface area contributed by atoms with Gasteiger partial charge in [0, 0.05) is 10.2 Å². The number of nitrogens with one attached hydrogen (secondary N) is 2. The van der Waals surface area contributed by atoms with Gasteiger partial charge >= 0.3 is 0 Å². The predicted molar refractivity (Wildman–Crippen MR) is 96.7 cm³/mol. The molecule has 0 bridgehead atoms. The summed E-state index contributed by atoms with van der Waals surface area (Å²) in [5.74, 6) is -0.679. The molecule has 2 N–H and O–H groups in total. The molecule has 5 heteroatoms. The van der Waals surface area contributed by atoms with E-state index in [0.717, 1.165) is 26.9 Å². The molecule has 0 fully saturated rings. The topological polar surface area (TPSA) is 58.2 Å². The third-order valence-corrected chi connectivity index (χ3v) is 4.12. The van der Waals surface area contributed by atoms with E-state index >= 15 is 0 Å². The van der Waals surface area contributed by atoms with E-state index in [1.165, 1.54) is 0 Å². The van der Waals surface area contributed by atoms with Crippen molar-refractivity contribution >= 4 is 39.1 Å². The van der Waals surface area contributed by atoms with Crippen molar-refractivity contribution in [2.75, 3.05) is 10.6 Å². The molecule has 2 amide bonds. The van der Waals surface area contributed by atoms with Crippen molar-refractivity contribution in [1.29, 1.82) is 0 Å². The highest BCUT2D eigenvalue weighted by Gasteiger charge is 2.13. The third-order valence-electron chi connectivity index (χ3n) is 3.47. The fourth-order valence-electron chi connectivity index (χ4n) is 2.26. The molecule has 0 spiro atoms. The van der Waals surface area contributed by atoms with Crippen molar-refractivity contribution in [2.24, 2.45) is 0 Å². The lowest BCUT2D eigenvalue weighted by atomic mass is 10.1. The molecular formula is C18H19BrN2O2. The zero-order valence-electron chi connectivity index (χ0n) is 13.4. The molecular weight excluding hydrogens is 356 g/mol. The van der Waals surface area contributed by atoms with Crippen LogP contribution in [0.1, 0.15) is 23.1 Å². The van der Waals surface area contributed by atoms with Crippen molar-refractivity contribution < 1.29 is 9.59 Å². The van der Waals surface area contributed by atoms with E-state index in [2.05, 4.69) is 26.6 Å². The van der Waals surface area contributed by atoms with Crippen LogP contribution in [0.4, 0.5) is 11.4 Å². The minimum absolute atomic E-state index is 0.228. The third kappa shape index (κ3) is 4.66. The summed E-state index contributed by atoms with van der Waals surface area (Å²) in [5, 5.41) is 5.54. The lowest BCUT2D eigenvalue weighted by Crippen LogP contribution is -2.22. The lowest BCUT2D eigenvalue weighted by molar-refractivity contribution is -0.123. The highest BCUT2D eigenvalue weighted by atomic mass is 79.9. The number of anilines is 2. The number of aryl methyl sites for hydroxylation is 3. The van der Waals surface area contributed by atoms with Crippen molar-refractivity contribution in [3.63, 3.8) is 0 Å². The first-order valence-corrected chi connectivity index (χ1v) is 8.08. The summed E-state index contributed by atoms with van der Waals surface area (Å²) in [4.78, 5) is 24.1. The summed E-state index contributed by atoms with van der Waals surface area (Å²) < 4.78 is 0.793. The van der Waals surface area contributed by atoms with Crippen molar-refractivity contribution in [2.45, 2.75) is 27.2 Å². The molecule has 0 saturated heterocycles. The van der Waals surface area contributed by atoms with Crippen LogP contribution in [0.5, 0.6) is 0 Å². The van der Waals surface area contributed by atoms with Crippen LogP contribution in [-0.4, -0.2) is 11.8 Å². The van der Waals surface area contributed by atoms with Crippen LogP contribution in [0.3, 0.4) is 0 Å². The second-order valence-corrected chi connectivity index (χ2v) is 6.38. The quantitative estimate of drug-likeness (QED) is 0.781. The summed E-state index contributed by atoms with van der Waals surface area (Å²) >= 11 is 3.40. The van der Waals surface area contributed by atoms with Crippen LogP contribution in [0.25, 0.3) is 0 Å². The smallest absolute Gasteiger partial charge is 0.233 e. The van der Waals surface area contributed by atoms with Crippen LogP contribution in [-0.2, 0) is 9.59 Å². The molecule has 0 radical (unpaired) electrons. The molecule has 0 aromatic heterocycles. The number of carbonyl (C=O) groups is 2. The molecule has 0 aliphatic heterocycles. The van der Waals surface area contributed by atoms with Crippen molar-refractivity contribution in [3.05, 3.63) is 57.6 Å². The van der Waals surface area contributed by atoms with Gasteiger partial charge in [0.15, 0.2) is 0 Å². The minimum Gasteiger partial charge on any atom is -0.325 e. The first kappa shape index (κ1) is 17.2. The van der Waals surface area contributed by atoms with Gasteiger partial charge in [0.25, 0.3) is 0 Å². The molecule has 0 unspecified atom stereocenters. The lowest BCUT2D eigenvalue weighted by Gasteiger charge is -2.12. The Morgan fingerprint density at radius 2 is 1.57 bits per heavy atom.